The number of amides is 1. The Bertz CT molecular complexity index is 232. The Hall–Kier alpha value is -0.593. The number of rotatable bonds is 7. The van der Waals surface area contributed by atoms with Crippen LogP contribution in [0.2, 0.25) is 0 Å². The number of hydrogen-bond donors (Lipinski definition) is 1. The van der Waals surface area contributed by atoms with Crippen molar-refractivity contribution in [3.63, 3.8) is 0 Å². The number of alkyl carbamates (subject to hydrolysis) is 1. The lowest BCUT2D eigenvalue weighted by atomic mass is 9.87. The van der Waals surface area contributed by atoms with Crippen molar-refractivity contribution in [2.75, 3.05) is 21.3 Å². The molecule has 0 spiro atoms. The number of carbonyl (C=O) groups is 1. The molecule has 0 aromatic carbocycles. The SMILES string of the molecule is CCCC(C)(C)C(NC(=O)OC)[SiH](OC)OC. The summed E-state index contributed by atoms with van der Waals surface area (Å²) >= 11 is 0. The fourth-order valence-corrected chi connectivity index (χ4v) is 3.90. The van der Waals surface area contributed by atoms with Crippen LogP contribution >= 0.6 is 0 Å². The number of hydrogen-bond acceptors (Lipinski definition) is 4. The van der Waals surface area contributed by atoms with E-state index in [1.165, 1.54) is 7.11 Å². The lowest BCUT2D eigenvalue weighted by Crippen LogP contribution is -2.56. The molecule has 1 atom stereocenters. The van der Waals surface area contributed by atoms with Crippen LogP contribution in [0.4, 0.5) is 4.79 Å². The Morgan fingerprint density at radius 1 is 1.29 bits per heavy atom. The summed E-state index contributed by atoms with van der Waals surface area (Å²) in [5, 5.41) is 2.84. The molecular weight excluding hydrogens is 238 g/mol. The Labute approximate surface area is 106 Å². The van der Waals surface area contributed by atoms with Crippen LogP contribution in [0.15, 0.2) is 0 Å². The van der Waals surface area contributed by atoms with Crippen LogP contribution in [-0.4, -0.2) is 42.4 Å². The van der Waals surface area contributed by atoms with Crippen LogP contribution in [0.5, 0.6) is 0 Å². The van der Waals surface area contributed by atoms with Crippen molar-refractivity contribution in [1.29, 1.82) is 0 Å². The average molecular weight is 263 g/mol. The Kier molecular flexibility index (Phi) is 7.41. The minimum Gasteiger partial charge on any atom is -0.453 e. The smallest absolute Gasteiger partial charge is 0.407 e. The van der Waals surface area contributed by atoms with Gasteiger partial charge in [0.25, 0.3) is 0 Å². The topological polar surface area (TPSA) is 56.8 Å². The predicted octanol–water partition coefficient (Wildman–Crippen LogP) is 1.59. The van der Waals surface area contributed by atoms with E-state index in [4.69, 9.17) is 8.85 Å². The van der Waals surface area contributed by atoms with Gasteiger partial charge >= 0.3 is 15.4 Å². The summed E-state index contributed by atoms with van der Waals surface area (Å²) < 4.78 is 15.4. The fourth-order valence-electron chi connectivity index (χ4n) is 1.99. The van der Waals surface area contributed by atoms with Gasteiger partial charge in [0.2, 0.25) is 0 Å². The van der Waals surface area contributed by atoms with Crippen molar-refractivity contribution >= 4 is 15.4 Å². The van der Waals surface area contributed by atoms with Crippen LogP contribution in [-0.2, 0) is 13.6 Å². The molecule has 0 rings (SSSR count). The van der Waals surface area contributed by atoms with Gasteiger partial charge in [0.05, 0.1) is 12.8 Å². The number of methoxy groups -OCH3 is 1. The standard InChI is InChI=1S/C11H25NO4Si/c1-7-8-11(2,3)9(12-10(13)14-4)17(15-5)16-6/h9,17H,7-8H2,1-6H3,(H,12,13). The molecule has 0 radical (unpaired) electrons. The molecule has 0 saturated carbocycles. The van der Waals surface area contributed by atoms with Gasteiger partial charge in [-0.1, -0.05) is 27.2 Å². The van der Waals surface area contributed by atoms with E-state index in [0.29, 0.717) is 0 Å². The number of ether oxygens (including phenoxy) is 1. The third-order valence-electron chi connectivity index (χ3n) is 2.93. The van der Waals surface area contributed by atoms with Crippen LogP contribution in [0.25, 0.3) is 0 Å². The van der Waals surface area contributed by atoms with Gasteiger partial charge in [-0.3, -0.25) is 0 Å². The highest BCUT2D eigenvalue weighted by Crippen LogP contribution is 2.28. The molecule has 0 bridgehead atoms. The highest BCUT2D eigenvalue weighted by atomic mass is 28.3. The first kappa shape index (κ1) is 16.4. The summed E-state index contributed by atoms with van der Waals surface area (Å²) in [6, 6.07) is 0. The molecule has 0 heterocycles. The third-order valence-corrected chi connectivity index (χ3v) is 5.47. The van der Waals surface area contributed by atoms with Crippen LogP contribution < -0.4 is 5.32 Å². The zero-order valence-electron chi connectivity index (χ0n) is 11.7. The lowest BCUT2D eigenvalue weighted by Gasteiger charge is -2.36. The molecule has 17 heavy (non-hydrogen) atoms. The average Bonchev–Trinajstić information content (AvgIpc) is 2.28. The molecule has 1 unspecified atom stereocenters. The van der Waals surface area contributed by atoms with Gasteiger partial charge in [-0.15, -0.1) is 0 Å². The van der Waals surface area contributed by atoms with Crippen molar-refractivity contribution in [1.82, 2.24) is 5.32 Å². The van der Waals surface area contributed by atoms with Crippen molar-refractivity contribution < 1.29 is 18.4 Å². The molecule has 5 nitrogen and oxygen atoms in total. The van der Waals surface area contributed by atoms with E-state index < -0.39 is 15.4 Å². The minimum atomic E-state index is -1.95. The van der Waals surface area contributed by atoms with Gasteiger partial charge in [0.1, 0.15) is 0 Å². The fraction of sp³-hybridized carbons (Fsp3) is 0.909. The van der Waals surface area contributed by atoms with E-state index in [9.17, 15) is 4.79 Å². The van der Waals surface area contributed by atoms with Gasteiger partial charge in [-0.05, 0) is 11.8 Å². The van der Waals surface area contributed by atoms with Gasteiger partial charge in [0, 0.05) is 14.2 Å². The highest BCUT2D eigenvalue weighted by Gasteiger charge is 2.39. The molecule has 1 amide bonds. The van der Waals surface area contributed by atoms with Crippen molar-refractivity contribution in [2.24, 2.45) is 5.41 Å². The van der Waals surface area contributed by atoms with E-state index in [2.05, 4.69) is 30.8 Å². The summed E-state index contributed by atoms with van der Waals surface area (Å²) in [5.41, 5.74) is -0.198. The van der Waals surface area contributed by atoms with Crippen molar-refractivity contribution in [2.45, 2.75) is 39.3 Å². The zero-order chi connectivity index (χ0) is 13.5. The Morgan fingerprint density at radius 2 is 1.82 bits per heavy atom. The second-order valence-corrected chi connectivity index (χ2v) is 7.04. The number of carbonyl (C=O) groups excluding carboxylic acids is 1. The molecule has 0 aliphatic carbocycles. The maximum absolute atomic E-state index is 11.4. The molecule has 1 N–H and O–H groups in total. The molecule has 6 heteroatoms. The maximum atomic E-state index is 11.4. The number of nitrogens with one attached hydrogen (secondary N) is 1. The van der Waals surface area contributed by atoms with Gasteiger partial charge in [0.15, 0.2) is 0 Å². The zero-order valence-corrected chi connectivity index (χ0v) is 12.9. The first-order valence-electron chi connectivity index (χ1n) is 5.83. The molecule has 0 aromatic rings. The highest BCUT2D eigenvalue weighted by molar-refractivity contribution is 6.47. The summed E-state index contributed by atoms with van der Waals surface area (Å²) in [7, 11) is 2.65. The maximum Gasteiger partial charge on any atom is 0.407 e. The minimum absolute atomic E-state index is 0.0775. The van der Waals surface area contributed by atoms with Crippen molar-refractivity contribution in [3.05, 3.63) is 0 Å². The second-order valence-electron chi connectivity index (χ2n) is 4.69. The largest absolute Gasteiger partial charge is 0.453 e. The van der Waals surface area contributed by atoms with E-state index >= 15 is 0 Å². The van der Waals surface area contributed by atoms with Crippen molar-refractivity contribution in [3.8, 4) is 0 Å². The molecular formula is C11H25NO4Si. The molecule has 0 fully saturated rings. The Balaban J connectivity index is 4.87. The van der Waals surface area contributed by atoms with Gasteiger partial charge < -0.3 is 18.9 Å². The third kappa shape index (κ3) is 5.05. The summed E-state index contributed by atoms with van der Waals surface area (Å²) in [6.45, 7) is 6.33. The van der Waals surface area contributed by atoms with Crippen LogP contribution in [0.1, 0.15) is 33.6 Å². The summed E-state index contributed by atoms with van der Waals surface area (Å²) in [6.07, 6.45) is 1.59. The Morgan fingerprint density at radius 3 is 2.18 bits per heavy atom. The predicted molar refractivity (Wildman–Crippen MR) is 69.2 cm³/mol. The van der Waals surface area contributed by atoms with E-state index in [0.717, 1.165) is 12.8 Å². The summed E-state index contributed by atoms with van der Waals surface area (Å²) in [5.74, 6) is 0. The molecule has 0 saturated heterocycles. The van der Waals surface area contributed by atoms with Crippen LogP contribution in [0.3, 0.4) is 0 Å². The quantitative estimate of drug-likeness (QED) is 0.709. The molecule has 102 valence electrons. The molecule has 0 aromatic heterocycles. The first-order valence-corrected chi connectivity index (χ1v) is 7.44. The monoisotopic (exact) mass is 263 g/mol. The van der Waals surface area contributed by atoms with Gasteiger partial charge in [-0.25, -0.2) is 4.79 Å². The van der Waals surface area contributed by atoms with Gasteiger partial charge in [-0.2, -0.15) is 0 Å². The summed E-state index contributed by atoms with van der Waals surface area (Å²) in [4.78, 5) is 11.4. The second kappa shape index (κ2) is 7.68. The van der Waals surface area contributed by atoms with E-state index in [1.807, 2.05) is 0 Å². The molecule has 0 aliphatic heterocycles. The normalized spacial score (nSPS) is 13.6. The first-order chi connectivity index (χ1) is 7.92. The van der Waals surface area contributed by atoms with E-state index in [-0.39, 0.29) is 11.1 Å². The van der Waals surface area contributed by atoms with E-state index in [1.54, 1.807) is 14.2 Å². The lowest BCUT2D eigenvalue weighted by molar-refractivity contribution is 0.146. The van der Waals surface area contributed by atoms with Crippen LogP contribution in [0, 0.1) is 5.41 Å². The molecule has 0 aliphatic rings.